The molecule has 0 saturated carbocycles. The molecule has 0 aromatic carbocycles. The van der Waals surface area contributed by atoms with Crippen molar-refractivity contribution < 1.29 is 28.0 Å². The second-order valence-electron chi connectivity index (χ2n) is 4.91. The van der Waals surface area contributed by atoms with Crippen LogP contribution in [0.2, 0.25) is 0 Å². The molecular formula is C12H19N2O8P. The summed E-state index contributed by atoms with van der Waals surface area (Å²) in [4.78, 5) is 34.8. The van der Waals surface area contributed by atoms with Gasteiger partial charge in [-0.1, -0.05) is 6.92 Å². The molecule has 0 spiro atoms. The van der Waals surface area contributed by atoms with Gasteiger partial charge < -0.3 is 14.4 Å². The Morgan fingerprint density at radius 3 is 2.61 bits per heavy atom. The minimum Gasteiger partial charge on any atom is -0.374 e. The zero-order chi connectivity index (χ0) is 17.2. The highest BCUT2D eigenvalue weighted by Gasteiger charge is 2.49. The molecule has 5 atom stereocenters. The molecule has 1 aliphatic heterocycles. The van der Waals surface area contributed by atoms with Crippen LogP contribution in [0.5, 0.6) is 0 Å². The second-order valence-corrected chi connectivity index (χ2v) is 6.43. The summed E-state index contributed by atoms with van der Waals surface area (Å²) in [7, 11) is -1.86. The zero-order valence-corrected chi connectivity index (χ0v) is 13.8. The van der Waals surface area contributed by atoms with E-state index in [1.54, 1.807) is 6.92 Å². The molecule has 0 radical (unpaired) electrons. The van der Waals surface area contributed by atoms with Gasteiger partial charge in [-0.3, -0.25) is 23.4 Å². The molecule has 2 rings (SSSR count). The topological polar surface area (TPSA) is 129 Å². The van der Waals surface area contributed by atoms with Gasteiger partial charge in [0, 0.05) is 26.5 Å². The monoisotopic (exact) mass is 350 g/mol. The van der Waals surface area contributed by atoms with E-state index >= 15 is 0 Å². The number of phosphoric acid groups is 1. The van der Waals surface area contributed by atoms with Gasteiger partial charge in [-0.05, 0) is 6.42 Å². The fraction of sp³-hybridized carbons (Fsp3) is 0.667. The molecule has 1 saturated heterocycles. The highest BCUT2D eigenvalue weighted by molar-refractivity contribution is 7.47. The average Bonchev–Trinajstić information content (AvgIpc) is 2.84. The summed E-state index contributed by atoms with van der Waals surface area (Å²) < 4.78 is 33.4. The van der Waals surface area contributed by atoms with Crippen LogP contribution in [-0.4, -0.2) is 47.0 Å². The maximum atomic E-state index is 11.9. The van der Waals surface area contributed by atoms with Crippen LogP contribution in [0.15, 0.2) is 21.9 Å². The van der Waals surface area contributed by atoms with Gasteiger partial charge in [-0.25, -0.2) is 9.36 Å². The molecule has 23 heavy (non-hydrogen) atoms. The Balaban J connectivity index is 2.37. The molecule has 130 valence electrons. The predicted octanol–water partition coefficient (Wildman–Crippen LogP) is -0.00900. The Morgan fingerprint density at radius 1 is 1.39 bits per heavy atom. The SMILES string of the molecule is CC[C@H]1O[C@@H](n2ccc(=O)[nH]c2=O)C(OC)[C@H]1OP(=O)(O)OC. The normalized spacial score (nSPS) is 30.3. The van der Waals surface area contributed by atoms with E-state index in [1.165, 1.54) is 19.4 Å². The lowest BCUT2D eigenvalue weighted by Gasteiger charge is -2.24. The third kappa shape index (κ3) is 3.79. The maximum absolute atomic E-state index is 11.9. The number of hydrogen-bond donors (Lipinski definition) is 2. The average molecular weight is 350 g/mol. The highest BCUT2D eigenvalue weighted by atomic mass is 31.2. The van der Waals surface area contributed by atoms with E-state index in [1.807, 2.05) is 0 Å². The van der Waals surface area contributed by atoms with Gasteiger partial charge in [0.15, 0.2) is 6.23 Å². The van der Waals surface area contributed by atoms with Crippen molar-refractivity contribution in [1.29, 1.82) is 0 Å². The minimum absolute atomic E-state index is 0.447. The summed E-state index contributed by atoms with van der Waals surface area (Å²) in [6.45, 7) is 1.79. The Kier molecular flexibility index (Phi) is 5.56. The number of phosphoric ester groups is 1. The van der Waals surface area contributed by atoms with Crippen molar-refractivity contribution in [2.24, 2.45) is 0 Å². The number of rotatable bonds is 6. The number of nitrogens with zero attached hydrogens (tertiary/aromatic N) is 1. The lowest BCUT2D eigenvalue weighted by atomic mass is 10.1. The van der Waals surface area contributed by atoms with Gasteiger partial charge in [0.05, 0.1) is 6.10 Å². The lowest BCUT2D eigenvalue weighted by molar-refractivity contribution is -0.0542. The molecule has 0 bridgehead atoms. The largest absolute Gasteiger partial charge is 0.472 e. The summed E-state index contributed by atoms with van der Waals surface area (Å²) in [6, 6.07) is 1.17. The van der Waals surface area contributed by atoms with Crippen molar-refractivity contribution in [3.8, 4) is 0 Å². The van der Waals surface area contributed by atoms with Gasteiger partial charge in [0.2, 0.25) is 0 Å². The molecule has 2 unspecified atom stereocenters. The van der Waals surface area contributed by atoms with Crippen molar-refractivity contribution in [3.05, 3.63) is 33.1 Å². The van der Waals surface area contributed by atoms with Crippen LogP contribution in [0.25, 0.3) is 0 Å². The molecule has 2 heterocycles. The van der Waals surface area contributed by atoms with E-state index in [9.17, 15) is 19.0 Å². The van der Waals surface area contributed by atoms with Gasteiger partial charge in [-0.2, -0.15) is 0 Å². The Bertz CT molecular complexity index is 701. The lowest BCUT2D eigenvalue weighted by Crippen LogP contribution is -2.39. The van der Waals surface area contributed by atoms with Crippen LogP contribution < -0.4 is 11.2 Å². The summed E-state index contributed by atoms with van der Waals surface area (Å²) in [5, 5.41) is 0. The van der Waals surface area contributed by atoms with E-state index in [4.69, 9.17) is 14.0 Å². The van der Waals surface area contributed by atoms with Gasteiger partial charge in [0.25, 0.3) is 5.56 Å². The predicted molar refractivity (Wildman–Crippen MR) is 78.0 cm³/mol. The van der Waals surface area contributed by atoms with Crippen LogP contribution in [-0.2, 0) is 23.1 Å². The van der Waals surface area contributed by atoms with Crippen LogP contribution in [0.1, 0.15) is 19.6 Å². The Morgan fingerprint density at radius 2 is 2.09 bits per heavy atom. The number of H-pyrrole nitrogens is 1. The number of nitrogens with one attached hydrogen (secondary N) is 1. The van der Waals surface area contributed by atoms with E-state index in [-0.39, 0.29) is 0 Å². The number of hydrogen-bond acceptors (Lipinski definition) is 7. The molecule has 2 N–H and O–H groups in total. The maximum Gasteiger partial charge on any atom is 0.472 e. The van der Waals surface area contributed by atoms with Crippen LogP contribution in [0, 0.1) is 0 Å². The minimum atomic E-state index is -4.27. The molecule has 10 nitrogen and oxygen atoms in total. The third-order valence-electron chi connectivity index (χ3n) is 3.57. The van der Waals surface area contributed by atoms with E-state index in [2.05, 4.69) is 9.51 Å². The molecule has 11 heteroatoms. The summed E-state index contributed by atoms with van der Waals surface area (Å²) in [6.07, 6.45) is -1.58. The first-order valence-corrected chi connectivity index (χ1v) is 8.39. The van der Waals surface area contributed by atoms with Crippen LogP contribution in [0.3, 0.4) is 0 Å². The van der Waals surface area contributed by atoms with E-state index in [0.717, 1.165) is 11.7 Å². The van der Waals surface area contributed by atoms with Crippen molar-refractivity contribution in [2.45, 2.75) is 37.9 Å². The first-order valence-electron chi connectivity index (χ1n) is 6.89. The van der Waals surface area contributed by atoms with Crippen LogP contribution in [0.4, 0.5) is 0 Å². The molecule has 0 amide bonds. The fourth-order valence-electron chi connectivity index (χ4n) is 2.46. The van der Waals surface area contributed by atoms with Crippen LogP contribution >= 0.6 is 7.82 Å². The molecule has 1 aliphatic rings. The number of ether oxygens (including phenoxy) is 2. The van der Waals surface area contributed by atoms with Crippen molar-refractivity contribution in [2.75, 3.05) is 14.2 Å². The van der Waals surface area contributed by atoms with Crippen molar-refractivity contribution in [3.63, 3.8) is 0 Å². The molecule has 1 fully saturated rings. The third-order valence-corrected chi connectivity index (χ3v) is 4.54. The van der Waals surface area contributed by atoms with Gasteiger partial charge in [-0.15, -0.1) is 0 Å². The second kappa shape index (κ2) is 7.08. The molecule has 0 aliphatic carbocycles. The quantitative estimate of drug-likeness (QED) is 0.686. The van der Waals surface area contributed by atoms with Crippen molar-refractivity contribution >= 4 is 7.82 Å². The first-order chi connectivity index (χ1) is 10.8. The number of aromatic amines is 1. The first kappa shape index (κ1) is 18.1. The summed E-state index contributed by atoms with van der Waals surface area (Å²) >= 11 is 0. The van der Waals surface area contributed by atoms with Gasteiger partial charge in [0.1, 0.15) is 12.2 Å². The molecule has 1 aromatic heterocycles. The molecule has 1 aromatic rings. The smallest absolute Gasteiger partial charge is 0.374 e. The van der Waals surface area contributed by atoms with E-state index in [0.29, 0.717) is 6.42 Å². The Hall–Kier alpha value is -1.29. The summed E-state index contributed by atoms with van der Waals surface area (Å²) in [5.41, 5.74) is -1.23. The van der Waals surface area contributed by atoms with Crippen molar-refractivity contribution in [1.82, 2.24) is 9.55 Å². The van der Waals surface area contributed by atoms with Gasteiger partial charge >= 0.3 is 13.5 Å². The number of aromatic nitrogens is 2. The molecular weight excluding hydrogens is 331 g/mol. The Labute approximate surface area is 131 Å². The zero-order valence-electron chi connectivity index (χ0n) is 12.9. The highest BCUT2D eigenvalue weighted by Crippen LogP contribution is 2.48. The summed E-state index contributed by atoms with van der Waals surface area (Å²) in [5.74, 6) is 0. The fourth-order valence-corrected chi connectivity index (χ4v) is 3.11. The standard InChI is InChI=1S/C12H19N2O8P/c1-4-7-9(22-23(17,18)20-3)10(19-2)11(21-7)14-6-5-8(15)13-12(14)16/h5-7,9-11H,4H2,1-3H3,(H,17,18)(H,13,15,16)/t7-,9+,10?,11-/m1/s1. The number of methoxy groups -OCH3 is 1. The van der Waals surface area contributed by atoms with E-state index < -0.39 is 43.6 Å².